The number of carbonyl (C=O) groups excluding carboxylic acids is 1. The van der Waals surface area contributed by atoms with Crippen LogP contribution in [-0.2, 0) is 6.42 Å². The van der Waals surface area contributed by atoms with Crippen molar-refractivity contribution < 1.29 is 9.90 Å². The highest BCUT2D eigenvalue weighted by molar-refractivity contribution is 5.95. The summed E-state index contributed by atoms with van der Waals surface area (Å²) >= 11 is 0. The third-order valence-electron chi connectivity index (χ3n) is 2.90. The lowest BCUT2D eigenvalue weighted by atomic mass is 10.1. The van der Waals surface area contributed by atoms with Gasteiger partial charge in [0, 0.05) is 18.3 Å². The Hall–Kier alpha value is -1.62. The number of aliphatic hydroxyl groups excluding tert-OH is 1. The number of likely N-dealkylation sites (N-methyl/N-ethyl adjacent to an activating group) is 1. The summed E-state index contributed by atoms with van der Waals surface area (Å²) in [6, 6.07) is 3.12. The maximum absolute atomic E-state index is 12.2. The molecule has 18 heavy (non-hydrogen) atoms. The first-order valence-electron chi connectivity index (χ1n) is 6.14. The molecule has 0 spiro atoms. The molecule has 1 unspecified atom stereocenters. The van der Waals surface area contributed by atoms with Crippen LogP contribution >= 0.6 is 0 Å². The van der Waals surface area contributed by atoms with E-state index < -0.39 is 0 Å². The van der Waals surface area contributed by atoms with Crippen molar-refractivity contribution in [1.82, 2.24) is 9.88 Å². The minimum absolute atomic E-state index is 0.0649. The van der Waals surface area contributed by atoms with Crippen LogP contribution in [0, 0.1) is 0 Å². The summed E-state index contributed by atoms with van der Waals surface area (Å²) in [6.45, 7) is 3.77. The minimum atomic E-state index is -0.221. The molecule has 0 aliphatic rings. The van der Waals surface area contributed by atoms with Gasteiger partial charge in [0.25, 0.3) is 5.91 Å². The molecule has 0 aliphatic heterocycles. The fourth-order valence-corrected chi connectivity index (χ4v) is 1.64. The van der Waals surface area contributed by atoms with Crippen LogP contribution in [0.15, 0.2) is 12.1 Å². The summed E-state index contributed by atoms with van der Waals surface area (Å²) in [5.41, 5.74) is 7.05. The second kappa shape index (κ2) is 6.35. The van der Waals surface area contributed by atoms with Crippen LogP contribution in [0.1, 0.15) is 36.3 Å². The fourth-order valence-electron chi connectivity index (χ4n) is 1.64. The maximum atomic E-state index is 12.2. The van der Waals surface area contributed by atoms with E-state index in [2.05, 4.69) is 4.98 Å². The van der Waals surface area contributed by atoms with Gasteiger partial charge in [-0.15, -0.1) is 0 Å². The number of pyridine rings is 1. The molecule has 1 amide bonds. The molecule has 3 N–H and O–H groups in total. The molecule has 5 nitrogen and oxygen atoms in total. The number of aliphatic hydroxyl groups is 1. The first kappa shape index (κ1) is 14.4. The predicted octanol–water partition coefficient (Wildman–Crippen LogP) is 1.07. The first-order valence-corrected chi connectivity index (χ1v) is 6.14. The number of hydrogen-bond donors (Lipinski definition) is 2. The number of rotatable bonds is 5. The number of aromatic nitrogens is 1. The van der Waals surface area contributed by atoms with Crippen molar-refractivity contribution in [1.29, 1.82) is 0 Å². The van der Waals surface area contributed by atoms with E-state index in [-0.39, 0.29) is 18.6 Å². The topological polar surface area (TPSA) is 79.5 Å². The summed E-state index contributed by atoms with van der Waals surface area (Å²) in [7, 11) is 1.67. The molecule has 0 aromatic carbocycles. The van der Waals surface area contributed by atoms with Crippen molar-refractivity contribution in [3.05, 3.63) is 23.4 Å². The predicted molar refractivity (Wildman–Crippen MR) is 71.3 cm³/mol. The second-order valence-corrected chi connectivity index (χ2v) is 4.47. The van der Waals surface area contributed by atoms with E-state index >= 15 is 0 Å². The lowest BCUT2D eigenvalue weighted by molar-refractivity contribution is 0.0682. The van der Waals surface area contributed by atoms with Gasteiger partial charge in [-0.05, 0) is 25.5 Å². The Bertz CT molecular complexity index is 421. The second-order valence-electron chi connectivity index (χ2n) is 4.47. The molecule has 1 rings (SSSR count). The number of aryl methyl sites for hydroxylation is 1. The third kappa shape index (κ3) is 3.43. The molecule has 1 aromatic rings. The van der Waals surface area contributed by atoms with Crippen molar-refractivity contribution in [2.45, 2.75) is 32.7 Å². The van der Waals surface area contributed by atoms with Crippen molar-refractivity contribution in [2.75, 3.05) is 19.4 Å². The molecule has 5 heteroatoms. The van der Waals surface area contributed by atoms with Gasteiger partial charge < -0.3 is 15.7 Å². The number of carbonyl (C=O) groups is 1. The average molecular weight is 251 g/mol. The molecular formula is C13H21N3O2. The van der Waals surface area contributed by atoms with Crippen LogP contribution in [0.4, 0.5) is 5.82 Å². The number of anilines is 1. The van der Waals surface area contributed by atoms with Gasteiger partial charge in [0.15, 0.2) is 0 Å². The van der Waals surface area contributed by atoms with Crippen molar-refractivity contribution in [2.24, 2.45) is 0 Å². The van der Waals surface area contributed by atoms with Gasteiger partial charge in [-0.25, -0.2) is 4.98 Å². The van der Waals surface area contributed by atoms with E-state index in [1.807, 2.05) is 6.92 Å². The summed E-state index contributed by atoms with van der Waals surface area (Å²) < 4.78 is 0. The van der Waals surface area contributed by atoms with E-state index in [1.165, 1.54) is 4.90 Å². The number of nitrogen functional groups attached to an aromatic ring is 1. The lowest BCUT2D eigenvalue weighted by Gasteiger charge is -2.23. The number of nitrogens with two attached hydrogens (primary N) is 1. The number of nitrogens with zero attached hydrogens (tertiary/aromatic N) is 2. The summed E-state index contributed by atoms with van der Waals surface area (Å²) in [4.78, 5) is 17.9. The average Bonchev–Trinajstić information content (AvgIpc) is 2.35. The van der Waals surface area contributed by atoms with Gasteiger partial charge in [-0.1, -0.05) is 13.3 Å². The molecule has 0 aliphatic carbocycles. The monoisotopic (exact) mass is 251 g/mol. The molecule has 0 radical (unpaired) electrons. The van der Waals surface area contributed by atoms with E-state index in [0.717, 1.165) is 18.5 Å². The minimum Gasteiger partial charge on any atom is -0.394 e. The fraction of sp³-hybridized carbons (Fsp3) is 0.538. The quantitative estimate of drug-likeness (QED) is 0.820. The molecule has 1 aromatic heterocycles. The number of amides is 1. The van der Waals surface area contributed by atoms with Crippen molar-refractivity contribution in [3.8, 4) is 0 Å². The van der Waals surface area contributed by atoms with Gasteiger partial charge in [-0.2, -0.15) is 0 Å². The van der Waals surface area contributed by atoms with Gasteiger partial charge in [0.05, 0.1) is 12.6 Å². The Morgan fingerprint density at radius 2 is 2.22 bits per heavy atom. The standard InChI is InChI=1S/C13H21N3O2/c1-4-5-11-6-10(7-12(14)15-11)13(18)16(3)9(2)8-17/h6-7,9,17H,4-5,8H2,1-3H3,(H2,14,15). The Labute approximate surface area is 108 Å². The summed E-state index contributed by atoms with van der Waals surface area (Å²) in [6.07, 6.45) is 1.75. The first-order chi connectivity index (χ1) is 8.49. The zero-order chi connectivity index (χ0) is 13.7. The molecule has 0 saturated carbocycles. The van der Waals surface area contributed by atoms with Gasteiger partial charge >= 0.3 is 0 Å². The Kier molecular flexibility index (Phi) is 5.09. The zero-order valence-electron chi connectivity index (χ0n) is 11.2. The van der Waals surface area contributed by atoms with Crippen LogP contribution in [0.5, 0.6) is 0 Å². The van der Waals surface area contributed by atoms with E-state index in [9.17, 15) is 4.79 Å². The number of hydrogen-bond acceptors (Lipinski definition) is 4. The Morgan fingerprint density at radius 1 is 1.56 bits per heavy atom. The summed E-state index contributed by atoms with van der Waals surface area (Å²) in [5.74, 6) is 0.206. The van der Waals surface area contributed by atoms with Crippen molar-refractivity contribution in [3.63, 3.8) is 0 Å². The molecule has 0 saturated heterocycles. The molecule has 0 fully saturated rings. The van der Waals surface area contributed by atoms with Gasteiger partial charge in [-0.3, -0.25) is 4.79 Å². The van der Waals surface area contributed by atoms with E-state index in [4.69, 9.17) is 10.8 Å². The zero-order valence-corrected chi connectivity index (χ0v) is 11.2. The molecular weight excluding hydrogens is 230 g/mol. The third-order valence-corrected chi connectivity index (χ3v) is 2.90. The highest BCUT2D eigenvalue weighted by atomic mass is 16.3. The van der Waals surface area contributed by atoms with Crippen LogP contribution < -0.4 is 5.73 Å². The van der Waals surface area contributed by atoms with Gasteiger partial charge in [0.2, 0.25) is 0 Å². The molecule has 1 heterocycles. The van der Waals surface area contributed by atoms with Crippen LogP contribution in [-0.4, -0.2) is 40.6 Å². The van der Waals surface area contributed by atoms with Crippen LogP contribution in [0.25, 0.3) is 0 Å². The molecule has 1 atom stereocenters. The molecule has 100 valence electrons. The smallest absolute Gasteiger partial charge is 0.254 e. The largest absolute Gasteiger partial charge is 0.394 e. The van der Waals surface area contributed by atoms with Crippen molar-refractivity contribution >= 4 is 11.7 Å². The van der Waals surface area contributed by atoms with Crippen LogP contribution in [0.3, 0.4) is 0 Å². The normalized spacial score (nSPS) is 12.2. The van der Waals surface area contributed by atoms with E-state index in [0.29, 0.717) is 11.4 Å². The Morgan fingerprint density at radius 3 is 2.78 bits per heavy atom. The highest BCUT2D eigenvalue weighted by Gasteiger charge is 2.17. The summed E-state index contributed by atoms with van der Waals surface area (Å²) in [5, 5.41) is 9.06. The maximum Gasteiger partial charge on any atom is 0.254 e. The van der Waals surface area contributed by atoms with E-state index in [1.54, 1.807) is 26.1 Å². The lowest BCUT2D eigenvalue weighted by Crippen LogP contribution is -2.37. The SMILES string of the molecule is CCCc1cc(C(=O)N(C)C(C)CO)cc(N)n1. The molecule has 0 bridgehead atoms. The Balaban J connectivity index is 2.98. The van der Waals surface area contributed by atoms with Gasteiger partial charge in [0.1, 0.15) is 5.82 Å². The van der Waals surface area contributed by atoms with Crippen LogP contribution in [0.2, 0.25) is 0 Å². The highest BCUT2D eigenvalue weighted by Crippen LogP contribution is 2.12.